The standard InChI is InChI=1S/C25H34N6O/c1-16-18-8-6-13-30(15-17-11-12-17)24(18)27-23(26-16)21-10-4-5-14-31(21)25(32)22-19-7-2-3-9-20(19)28-29-22/h17,21H,2-15H2,1H3,(H,28,29)/t21-/m1/s1. The number of nitrogens with one attached hydrogen (secondary N) is 1. The Morgan fingerprint density at radius 3 is 2.69 bits per heavy atom. The molecule has 2 aliphatic heterocycles. The van der Waals surface area contributed by atoms with Crippen LogP contribution in [0, 0.1) is 12.8 Å². The van der Waals surface area contributed by atoms with Gasteiger partial charge in [-0.2, -0.15) is 5.10 Å². The second kappa shape index (κ2) is 8.16. The van der Waals surface area contributed by atoms with E-state index in [9.17, 15) is 4.79 Å². The molecule has 2 aliphatic carbocycles. The fourth-order valence-electron chi connectivity index (χ4n) is 5.88. The number of likely N-dealkylation sites (tertiary alicyclic amines) is 1. The molecular formula is C25H34N6O. The van der Waals surface area contributed by atoms with Crippen LogP contribution in [0.3, 0.4) is 0 Å². The molecular weight excluding hydrogens is 400 g/mol. The zero-order chi connectivity index (χ0) is 21.7. The number of fused-ring (bicyclic) bond motifs is 2. The minimum absolute atomic E-state index is 0.0547. The van der Waals surface area contributed by atoms with Crippen molar-refractivity contribution in [2.75, 3.05) is 24.5 Å². The van der Waals surface area contributed by atoms with Crippen molar-refractivity contribution in [3.05, 3.63) is 34.0 Å². The Labute approximate surface area is 190 Å². The van der Waals surface area contributed by atoms with Gasteiger partial charge in [-0.25, -0.2) is 9.97 Å². The van der Waals surface area contributed by atoms with Crippen molar-refractivity contribution >= 4 is 11.7 Å². The lowest BCUT2D eigenvalue weighted by molar-refractivity contribution is 0.0592. The highest BCUT2D eigenvalue weighted by Gasteiger charge is 2.36. The van der Waals surface area contributed by atoms with Crippen molar-refractivity contribution in [1.82, 2.24) is 25.1 Å². The van der Waals surface area contributed by atoms with Crippen molar-refractivity contribution in [3.63, 3.8) is 0 Å². The van der Waals surface area contributed by atoms with Crippen LogP contribution in [-0.4, -0.2) is 50.6 Å². The predicted molar refractivity (Wildman–Crippen MR) is 123 cm³/mol. The summed E-state index contributed by atoms with van der Waals surface area (Å²) in [4.78, 5) is 28.3. The first-order valence-corrected chi connectivity index (χ1v) is 12.7. The first-order chi connectivity index (χ1) is 15.7. The van der Waals surface area contributed by atoms with E-state index in [2.05, 4.69) is 22.0 Å². The molecule has 1 atom stereocenters. The number of rotatable bonds is 4. The summed E-state index contributed by atoms with van der Waals surface area (Å²) in [5, 5.41) is 7.62. The van der Waals surface area contributed by atoms with Gasteiger partial charge in [0.2, 0.25) is 0 Å². The fraction of sp³-hybridized carbons (Fsp3) is 0.680. The molecule has 0 spiro atoms. The maximum Gasteiger partial charge on any atom is 0.275 e. The summed E-state index contributed by atoms with van der Waals surface area (Å²) in [6.07, 6.45) is 12.3. The van der Waals surface area contributed by atoms with Crippen molar-refractivity contribution in [2.45, 2.75) is 83.6 Å². The summed E-state index contributed by atoms with van der Waals surface area (Å²) in [7, 11) is 0. The van der Waals surface area contributed by atoms with E-state index in [1.165, 1.54) is 31.2 Å². The smallest absolute Gasteiger partial charge is 0.275 e. The van der Waals surface area contributed by atoms with Crippen LogP contribution >= 0.6 is 0 Å². The Morgan fingerprint density at radius 1 is 0.969 bits per heavy atom. The van der Waals surface area contributed by atoms with Crippen LogP contribution < -0.4 is 4.90 Å². The summed E-state index contributed by atoms with van der Waals surface area (Å²) in [6.45, 7) is 5.10. The summed E-state index contributed by atoms with van der Waals surface area (Å²) < 4.78 is 0. The Bertz CT molecular complexity index is 1030. The molecule has 7 nitrogen and oxygen atoms in total. The van der Waals surface area contributed by atoms with Gasteiger partial charge in [0.25, 0.3) is 5.91 Å². The number of anilines is 1. The number of hydrogen-bond acceptors (Lipinski definition) is 5. The SMILES string of the molecule is Cc1nc([C@H]2CCCCN2C(=O)c2n[nH]c3c2CCCC3)nc2c1CCCN2CC1CC1. The van der Waals surface area contributed by atoms with E-state index in [1.54, 1.807) is 0 Å². The van der Waals surface area contributed by atoms with Crippen molar-refractivity contribution in [2.24, 2.45) is 5.92 Å². The number of carbonyl (C=O) groups excluding carboxylic acids is 1. The highest BCUT2D eigenvalue weighted by Crippen LogP contribution is 2.37. The summed E-state index contributed by atoms with van der Waals surface area (Å²) in [6, 6.07) is -0.0547. The van der Waals surface area contributed by atoms with E-state index >= 15 is 0 Å². The highest BCUT2D eigenvalue weighted by molar-refractivity contribution is 5.94. The number of piperidine rings is 1. The van der Waals surface area contributed by atoms with E-state index in [0.717, 1.165) is 99.1 Å². The molecule has 0 bridgehead atoms. The molecule has 0 aromatic carbocycles. The van der Waals surface area contributed by atoms with Gasteiger partial charge in [-0.3, -0.25) is 9.89 Å². The molecule has 7 heteroatoms. The third-order valence-electron chi connectivity index (χ3n) is 7.86. The zero-order valence-corrected chi connectivity index (χ0v) is 19.2. The third kappa shape index (κ3) is 3.59. The van der Waals surface area contributed by atoms with Gasteiger partial charge in [-0.05, 0) is 83.5 Å². The molecule has 170 valence electrons. The number of carbonyl (C=O) groups is 1. The number of hydrogen-bond donors (Lipinski definition) is 1. The van der Waals surface area contributed by atoms with Crippen LogP contribution in [0.2, 0.25) is 0 Å². The monoisotopic (exact) mass is 434 g/mol. The largest absolute Gasteiger partial charge is 0.356 e. The molecule has 4 aliphatic rings. The van der Waals surface area contributed by atoms with Crippen LogP contribution in [0.15, 0.2) is 0 Å². The molecule has 32 heavy (non-hydrogen) atoms. The Morgan fingerprint density at radius 2 is 1.81 bits per heavy atom. The first-order valence-electron chi connectivity index (χ1n) is 12.7. The molecule has 0 radical (unpaired) electrons. The number of H-pyrrole nitrogens is 1. The topological polar surface area (TPSA) is 78.0 Å². The number of aryl methyl sites for hydroxylation is 2. The minimum atomic E-state index is -0.0547. The lowest BCUT2D eigenvalue weighted by Gasteiger charge is -2.36. The number of amides is 1. The minimum Gasteiger partial charge on any atom is -0.356 e. The molecule has 1 saturated heterocycles. The summed E-state index contributed by atoms with van der Waals surface area (Å²) in [5.74, 6) is 2.86. The number of aromatic amines is 1. The van der Waals surface area contributed by atoms with Gasteiger partial charge in [0, 0.05) is 42.1 Å². The third-order valence-corrected chi connectivity index (χ3v) is 7.86. The van der Waals surface area contributed by atoms with E-state index < -0.39 is 0 Å². The van der Waals surface area contributed by atoms with Crippen LogP contribution in [0.5, 0.6) is 0 Å². The highest BCUT2D eigenvalue weighted by atomic mass is 16.2. The number of nitrogens with zero attached hydrogens (tertiary/aromatic N) is 5. The normalized spacial score (nSPS) is 23.1. The molecule has 1 saturated carbocycles. The van der Waals surface area contributed by atoms with Crippen molar-refractivity contribution in [3.8, 4) is 0 Å². The summed E-state index contributed by atoms with van der Waals surface area (Å²) in [5.41, 5.74) is 5.35. The van der Waals surface area contributed by atoms with Crippen LogP contribution in [-0.2, 0) is 19.3 Å². The average Bonchev–Trinajstić information content (AvgIpc) is 3.54. The molecule has 2 fully saturated rings. The molecule has 6 rings (SSSR count). The predicted octanol–water partition coefficient (Wildman–Crippen LogP) is 3.92. The van der Waals surface area contributed by atoms with Gasteiger partial charge in [-0.15, -0.1) is 0 Å². The maximum absolute atomic E-state index is 13.7. The maximum atomic E-state index is 13.7. The lowest BCUT2D eigenvalue weighted by Crippen LogP contribution is -2.40. The van der Waals surface area contributed by atoms with Crippen molar-refractivity contribution < 1.29 is 4.79 Å². The Balaban J connectivity index is 1.33. The zero-order valence-electron chi connectivity index (χ0n) is 19.2. The van der Waals surface area contributed by atoms with Gasteiger partial charge in [0.15, 0.2) is 11.5 Å². The van der Waals surface area contributed by atoms with E-state index in [0.29, 0.717) is 5.69 Å². The Kier molecular flexibility index (Phi) is 5.15. The molecule has 2 aromatic rings. The van der Waals surface area contributed by atoms with Crippen LogP contribution in [0.25, 0.3) is 0 Å². The second-order valence-corrected chi connectivity index (χ2v) is 10.2. The van der Waals surface area contributed by atoms with E-state index in [4.69, 9.17) is 9.97 Å². The molecule has 1 amide bonds. The van der Waals surface area contributed by atoms with E-state index in [1.807, 2.05) is 4.90 Å². The lowest BCUT2D eigenvalue weighted by atomic mass is 9.94. The van der Waals surface area contributed by atoms with Gasteiger partial charge < -0.3 is 9.80 Å². The van der Waals surface area contributed by atoms with Crippen LogP contribution in [0.1, 0.15) is 96.2 Å². The molecule has 4 heterocycles. The van der Waals surface area contributed by atoms with Gasteiger partial charge in [0.05, 0.1) is 6.04 Å². The molecule has 2 aromatic heterocycles. The van der Waals surface area contributed by atoms with Gasteiger partial charge >= 0.3 is 0 Å². The Hall–Kier alpha value is -2.44. The van der Waals surface area contributed by atoms with Crippen LogP contribution in [0.4, 0.5) is 5.82 Å². The van der Waals surface area contributed by atoms with E-state index in [-0.39, 0.29) is 11.9 Å². The van der Waals surface area contributed by atoms with Crippen molar-refractivity contribution in [1.29, 1.82) is 0 Å². The second-order valence-electron chi connectivity index (χ2n) is 10.2. The quantitative estimate of drug-likeness (QED) is 0.789. The molecule has 1 N–H and O–H groups in total. The first kappa shape index (κ1) is 20.2. The van der Waals surface area contributed by atoms with Gasteiger partial charge in [0.1, 0.15) is 5.82 Å². The molecule has 0 unspecified atom stereocenters. The fourth-order valence-corrected chi connectivity index (χ4v) is 5.88. The van der Waals surface area contributed by atoms with Gasteiger partial charge in [-0.1, -0.05) is 0 Å². The summed E-state index contributed by atoms with van der Waals surface area (Å²) >= 11 is 0. The number of aromatic nitrogens is 4. The average molecular weight is 435 g/mol.